The number of ether oxygens (including phenoxy) is 2. The SMILES string of the molecule is CNC(=O)C1CCOCC1OC. The van der Waals surface area contributed by atoms with Crippen molar-refractivity contribution in [3.63, 3.8) is 0 Å². The largest absolute Gasteiger partial charge is 0.379 e. The molecule has 12 heavy (non-hydrogen) atoms. The van der Waals surface area contributed by atoms with Crippen molar-refractivity contribution in [2.24, 2.45) is 5.92 Å². The maximum Gasteiger partial charge on any atom is 0.225 e. The van der Waals surface area contributed by atoms with Crippen molar-refractivity contribution >= 4 is 5.91 Å². The molecule has 1 aliphatic heterocycles. The van der Waals surface area contributed by atoms with Gasteiger partial charge >= 0.3 is 0 Å². The molecule has 1 fully saturated rings. The zero-order chi connectivity index (χ0) is 8.97. The number of hydrogen-bond acceptors (Lipinski definition) is 3. The Kier molecular flexibility index (Phi) is 3.49. The lowest BCUT2D eigenvalue weighted by atomic mass is 9.96. The summed E-state index contributed by atoms with van der Waals surface area (Å²) in [5, 5.41) is 2.62. The molecule has 1 heterocycles. The van der Waals surface area contributed by atoms with Gasteiger partial charge in [0.15, 0.2) is 0 Å². The highest BCUT2D eigenvalue weighted by Crippen LogP contribution is 2.17. The molecule has 1 aliphatic rings. The minimum Gasteiger partial charge on any atom is -0.379 e. The fraction of sp³-hybridized carbons (Fsp3) is 0.875. The van der Waals surface area contributed by atoms with Crippen LogP contribution in [0, 0.1) is 5.92 Å². The van der Waals surface area contributed by atoms with Crippen LogP contribution in [-0.4, -0.2) is 39.4 Å². The van der Waals surface area contributed by atoms with E-state index in [0.717, 1.165) is 6.42 Å². The molecular weight excluding hydrogens is 158 g/mol. The van der Waals surface area contributed by atoms with E-state index in [2.05, 4.69) is 5.32 Å². The first-order valence-corrected chi connectivity index (χ1v) is 4.11. The summed E-state index contributed by atoms with van der Waals surface area (Å²) in [5.74, 6) is -0.00102. The Labute approximate surface area is 72.2 Å². The molecule has 1 saturated heterocycles. The second-order valence-electron chi connectivity index (χ2n) is 2.86. The van der Waals surface area contributed by atoms with E-state index in [9.17, 15) is 4.79 Å². The van der Waals surface area contributed by atoms with Gasteiger partial charge in [-0.3, -0.25) is 4.79 Å². The van der Waals surface area contributed by atoms with Crippen LogP contribution in [0.3, 0.4) is 0 Å². The molecule has 0 aromatic rings. The quantitative estimate of drug-likeness (QED) is 0.628. The van der Waals surface area contributed by atoms with Crippen LogP contribution in [0.1, 0.15) is 6.42 Å². The molecule has 4 heteroatoms. The molecule has 2 atom stereocenters. The minimum absolute atomic E-state index is 0.0464. The Bertz CT molecular complexity index is 160. The van der Waals surface area contributed by atoms with E-state index in [1.807, 2.05) is 0 Å². The third-order valence-corrected chi connectivity index (χ3v) is 2.19. The van der Waals surface area contributed by atoms with E-state index >= 15 is 0 Å². The number of amides is 1. The van der Waals surface area contributed by atoms with Crippen LogP contribution >= 0.6 is 0 Å². The fourth-order valence-electron chi connectivity index (χ4n) is 1.43. The summed E-state index contributed by atoms with van der Waals surface area (Å²) in [6, 6.07) is 0. The van der Waals surface area contributed by atoms with Gasteiger partial charge in [0, 0.05) is 20.8 Å². The number of rotatable bonds is 2. The minimum atomic E-state index is -0.0845. The summed E-state index contributed by atoms with van der Waals surface area (Å²) < 4.78 is 10.3. The molecule has 70 valence electrons. The van der Waals surface area contributed by atoms with E-state index in [-0.39, 0.29) is 17.9 Å². The van der Waals surface area contributed by atoms with E-state index in [1.165, 1.54) is 0 Å². The molecule has 0 bridgehead atoms. The van der Waals surface area contributed by atoms with Crippen LogP contribution in [0.4, 0.5) is 0 Å². The van der Waals surface area contributed by atoms with Crippen molar-refractivity contribution in [2.45, 2.75) is 12.5 Å². The van der Waals surface area contributed by atoms with Crippen LogP contribution in [0.5, 0.6) is 0 Å². The summed E-state index contributed by atoms with van der Waals surface area (Å²) >= 11 is 0. The Morgan fingerprint density at radius 1 is 1.67 bits per heavy atom. The highest BCUT2D eigenvalue weighted by molar-refractivity contribution is 5.79. The van der Waals surface area contributed by atoms with E-state index in [1.54, 1.807) is 14.2 Å². The Morgan fingerprint density at radius 2 is 2.42 bits per heavy atom. The first kappa shape index (κ1) is 9.48. The van der Waals surface area contributed by atoms with Gasteiger partial charge in [0.05, 0.1) is 18.6 Å². The summed E-state index contributed by atoms with van der Waals surface area (Å²) in [5.41, 5.74) is 0. The Morgan fingerprint density at radius 3 is 3.00 bits per heavy atom. The van der Waals surface area contributed by atoms with Crippen molar-refractivity contribution < 1.29 is 14.3 Å². The molecule has 2 unspecified atom stereocenters. The summed E-state index contributed by atoms with van der Waals surface area (Å²) in [4.78, 5) is 11.3. The van der Waals surface area contributed by atoms with Crippen LogP contribution in [-0.2, 0) is 14.3 Å². The van der Waals surface area contributed by atoms with Gasteiger partial charge in [-0.15, -0.1) is 0 Å². The van der Waals surface area contributed by atoms with Crippen molar-refractivity contribution in [3.8, 4) is 0 Å². The maximum absolute atomic E-state index is 11.3. The molecule has 0 aliphatic carbocycles. The van der Waals surface area contributed by atoms with Crippen molar-refractivity contribution in [3.05, 3.63) is 0 Å². The van der Waals surface area contributed by atoms with Gasteiger partial charge in [-0.25, -0.2) is 0 Å². The molecule has 0 aromatic heterocycles. The lowest BCUT2D eigenvalue weighted by molar-refractivity contribution is -0.137. The molecule has 0 aromatic carbocycles. The van der Waals surface area contributed by atoms with Crippen molar-refractivity contribution in [1.29, 1.82) is 0 Å². The van der Waals surface area contributed by atoms with Gasteiger partial charge in [-0.2, -0.15) is 0 Å². The van der Waals surface area contributed by atoms with Gasteiger partial charge in [-0.1, -0.05) is 0 Å². The Hall–Kier alpha value is -0.610. The topological polar surface area (TPSA) is 47.6 Å². The number of hydrogen-bond donors (Lipinski definition) is 1. The van der Waals surface area contributed by atoms with Crippen LogP contribution in [0.2, 0.25) is 0 Å². The number of nitrogens with one attached hydrogen (secondary N) is 1. The standard InChI is InChI=1S/C8H15NO3/c1-9-8(10)6-3-4-12-5-7(6)11-2/h6-7H,3-5H2,1-2H3,(H,9,10). The van der Waals surface area contributed by atoms with E-state index < -0.39 is 0 Å². The van der Waals surface area contributed by atoms with E-state index in [0.29, 0.717) is 13.2 Å². The normalized spacial score (nSPS) is 29.8. The predicted octanol–water partition coefficient (Wildman–Crippen LogP) is -0.216. The van der Waals surface area contributed by atoms with Crippen LogP contribution in [0.25, 0.3) is 0 Å². The first-order valence-electron chi connectivity index (χ1n) is 4.11. The molecule has 0 saturated carbocycles. The predicted molar refractivity (Wildman–Crippen MR) is 43.8 cm³/mol. The number of carbonyl (C=O) groups excluding carboxylic acids is 1. The smallest absolute Gasteiger partial charge is 0.225 e. The highest BCUT2D eigenvalue weighted by Gasteiger charge is 2.30. The average Bonchev–Trinajstić information content (AvgIpc) is 2.16. The highest BCUT2D eigenvalue weighted by atomic mass is 16.5. The third kappa shape index (κ3) is 1.95. The molecule has 0 spiro atoms. The second kappa shape index (κ2) is 4.42. The maximum atomic E-state index is 11.3. The van der Waals surface area contributed by atoms with Gasteiger partial charge in [-0.05, 0) is 6.42 Å². The van der Waals surface area contributed by atoms with Gasteiger partial charge < -0.3 is 14.8 Å². The van der Waals surface area contributed by atoms with Crippen molar-refractivity contribution in [2.75, 3.05) is 27.4 Å². The zero-order valence-electron chi connectivity index (χ0n) is 7.50. The molecule has 0 radical (unpaired) electrons. The first-order chi connectivity index (χ1) is 5.79. The summed E-state index contributed by atoms with van der Waals surface area (Å²) in [6.45, 7) is 1.17. The molecule has 1 N–H and O–H groups in total. The number of methoxy groups -OCH3 is 1. The second-order valence-corrected chi connectivity index (χ2v) is 2.86. The summed E-state index contributed by atoms with van der Waals surface area (Å²) in [6.07, 6.45) is 0.664. The molecular formula is C8H15NO3. The fourth-order valence-corrected chi connectivity index (χ4v) is 1.43. The van der Waals surface area contributed by atoms with Crippen LogP contribution < -0.4 is 5.32 Å². The summed E-state index contributed by atoms with van der Waals surface area (Å²) in [7, 11) is 3.25. The van der Waals surface area contributed by atoms with E-state index in [4.69, 9.17) is 9.47 Å². The monoisotopic (exact) mass is 173 g/mol. The van der Waals surface area contributed by atoms with Crippen LogP contribution in [0.15, 0.2) is 0 Å². The molecule has 4 nitrogen and oxygen atoms in total. The zero-order valence-corrected chi connectivity index (χ0v) is 7.50. The molecule has 1 rings (SSSR count). The average molecular weight is 173 g/mol. The van der Waals surface area contributed by atoms with Gasteiger partial charge in [0.1, 0.15) is 0 Å². The van der Waals surface area contributed by atoms with Gasteiger partial charge in [0.2, 0.25) is 5.91 Å². The third-order valence-electron chi connectivity index (χ3n) is 2.19. The van der Waals surface area contributed by atoms with Crippen molar-refractivity contribution in [1.82, 2.24) is 5.32 Å². The number of carbonyl (C=O) groups is 1. The lowest BCUT2D eigenvalue weighted by Crippen LogP contribution is -2.42. The van der Waals surface area contributed by atoms with Gasteiger partial charge in [0.25, 0.3) is 0 Å². The Balaban J connectivity index is 2.52. The lowest BCUT2D eigenvalue weighted by Gasteiger charge is -2.28. The molecule has 1 amide bonds.